The molecule has 1 heterocycles. The van der Waals surface area contributed by atoms with Gasteiger partial charge in [0.15, 0.2) is 0 Å². The standard InChI is InChI=1S/C14H23NO4/c16-13(7-6-11-3-1-2-8-19-11)15-12(14(17)18)9-10-4-5-10/h10-12H,1-9H2,(H,15,16)(H,17,18). The van der Waals surface area contributed by atoms with Gasteiger partial charge in [-0.3, -0.25) is 4.79 Å². The molecule has 5 heteroatoms. The van der Waals surface area contributed by atoms with Crippen molar-refractivity contribution in [1.29, 1.82) is 0 Å². The molecule has 2 rings (SSSR count). The second-order valence-electron chi connectivity index (χ2n) is 5.66. The summed E-state index contributed by atoms with van der Waals surface area (Å²) >= 11 is 0. The van der Waals surface area contributed by atoms with Crippen molar-refractivity contribution in [3.05, 3.63) is 0 Å². The van der Waals surface area contributed by atoms with Gasteiger partial charge in [0.05, 0.1) is 6.10 Å². The highest BCUT2D eigenvalue weighted by Crippen LogP contribution is 2.33. The number of carbonyl (C=O) groups is 2. The highest BCUT2D eigenvalue weighted by Gasteiger charge is 2.30. The minimum atomic E-state index is -0.922. The van der Waals surface area contributed by atoms with Gasteiger partial charge in [0.1, 0.15) is 6.04 Å². The fourth-order valence-corrected chi connectivity index (χ4v) is 2.50. The van der Waals surface area contributed by atoms with Crippen LogP contribution in [0.3, 0.4) is 0 Å². The lowest BCUT2D eigenvalue weighted by Gasteiger charge is -2.22. The molecule has 1 saturated carbocycles. The molecule has 0 aromatic rings. The Bertz CT molecular complexity index is 321. The van der Waals surface area contributed by atoms with Crippen molar-refractivity contribution in [2.24, 2.45) is 5.92 Å². The van der Waals surface area contributed by atoms with Crippen molar-refractivity contribution in [2.45, 2.75) is 63.5 Å². The van der Waals surface area contributed by atoms with E-state index in [0.717, 1.165) is 38.7 Å². The molecule has 1 saturated heterocycles. The number of hydrogen-bond acceptors (Lipinski definition) is 3. The van der Waals surface area contributed by atoms with Crippen molar-refractivity contribution in [3.63, 3.8) is 0 Å². The summed E-state index contributed by atoms with van der Waals surface area (Å²) < 4.78 is 5.56. The molecule has 1 aliphatic carbocycles. The third-order valence-corrected chi connectivity index (χ3v) is 3.87. The normalized spacial score (nSPS) is 24.7. The first-order chi connectivity index (χ1) is 9.15. The Hall–Kier alpha value is -1.10. The van der Waals surface area contributed by atoms with Crippen LogP contribution in [0.1, 0.15) is 51.4 Å². The van der Waals surface area contributed by atoms with Crippen LogP contribution in [0.4, 0.5) is 0 Å². The minimum Gasteiger partial charge on any atom is -0.480 e. The molecule has 1 amide bonds. The molecule has 5 nitrogen and oxygen atoms in total. The Morgan fingerprint density at radius 2 is 2.05 bits per heavy atom. The van der Waals surface area contributed by atoms with E-state index < -0.39 is 12.0 Å². The number of rotatable bonds is 7. The number of hydrogen-bond donors (Lipinski definition) is 2. The van der Waals surface area contributed by atoms with Crippen molar-refractivity contribution < 1.29 is 19.4 Å². The summed E-state index contributed by atoms with van der Waals surface area (Å²) in [6.45, 7) is 0.783. The van der Waals surface area contributed by atoms with Gasteiger partial charge in [-0.1, -0.05) is 12.8 Å². The predicted octanol–water partition coefficient (Wildman–Crippen LogP) is 1.71. The molecule has 0 bridgehead atoms. The first-order valence-corrected chi connectivity index (χ1v) is 7.29. The van der Waals surface area contributed by atoms with Crippen molar-refractivity contribution in [1.82, 2.24) is 5.32 Å². The topological polar surface area (TPSA) is 75.6 Å². The Morgan fingerprint density at radius 1 is 1.26 bits per heavy atom. The van der Waals surface area contributed by atoms with Crippen LogP contribution >= 0.6 is 0 Å². The molecule has 2 fully saturated rings. The molecule has 0 radical (unpaired) electrons. The van der Waals surface area contributed by atoms with Crippen LogP contribution in [-0.2, 0) is 14.3 Å². The van der Waals surface area contributed by atoms with E-state index in [-0.39, 0.29) is 12.0 Å². The Kier molecular flexibility index (Phi) is 5.19. The molecule has 108 valence electrons. The lowest BCUT2D eigenvalue weighted by atomic mass is 10.0. The van der Waals surface area contributed by atoms with Crippen LogP contribution in [0.5, 0.6) is 0 Å². The molecule has 2 atom stereocenters. The monoisotopic (exact) mass is 269 g/mol. The van der Waals surface area contributed by atoms with Crippen LogP contribution < -0.4 is 5.32 Å². The SMILES string of the molecule is O=C(CCC1CCCCO1)NC(CC1CC1)C(=O)O. The molecule has 2 unspecified atom stereocenters. The van der Waals surface area contributed by atoms with E-state index in [1.54, 1.807) is 0 Å². The molecule has 0 aromatic carbocycles. The largest absolute Gasteiger partial charge is 0.480 e. The average Bonchev–Trinajstić information content (AvgIpc) is 3.21. The highest BCUT2D eigenvalue weighted by atomic mass is 16.5. The molecule has 2 N–H and O–H groups in total. The van der Waals surface area contributed by atoms with E-state index in [2.05, 4.69) is 5.32 Å². The van der Waals surface area contributed by atoms with E-state index >= 15 is 0 Å². The van der Waals surface area contributed by atoms with Gasteiger partial charge in [0.25, 0.3) is 0 Å². The minimum absolute atomic E-state index is 0.165. The maximum absolute atomic E-state index is 11.8. The first-order valence-electron chi connectivity index (χ1n) is 7.29. The van der Waals surface area contributed by atoms with Gasteiger partial charge in [-0.15, -0.1) is 0 Å². The van der Waals surface area contributed by atoms with Gasteiger partial charge < -0.3 is 15.2 Å². The third kappa shape index (κ3) is 5.19. The average molecular weight is 269 g/mol. The summed E-state index contributed by atoms with van der Waals surface area (Å²) in [5.74, 6) is -0.598. The quantitative estimate of drug-likeness (QED) is 0.737. The second-order valence-corrected chi connectivity index (χ2v) is 5.66. The van der Waals surface area contributed by atoms with E-state index in [1.807, 2.05) is 0 Å². The summed E-state index contributed by atoms with van der Waals surface area (Å²) in [6.07, 6.45) is 7.26. The highest BCUT2D eigenvalue weighted by molar-refractivity contribution is 5.83. The Balaban J connectivity index is 1.67. The van der Waals surface area contributed by atoms with Gasteiger partial charge in [0, 0.05) is 13.0 Å². The van der Waals surface area contributed by atoms with Crippen LogP contribution in [-0.4, -0.2) is 35.7 Å². The second kappa shape index (κ2) is 6.89. The van der Waals surface area contributed by atoms with E-state index in [1.165, 1.54) is 0 Å². The summed E-state index contributed by atoms with van der Waals surface area (Å²) in [5, 5.41) is 11.7. The van der Waals surface area contributed by atoms with Crippen LogP contribution in [0, 0.1) is 5.92 Å². The summed E-state index contributed by atoms with van der Waals surface area (Å²) in [6, 6.07) is -0.715. The van der Waals surface area contributed by atoms with Gasteiger partial charge in [-0.2, -0.15) is 0 Å². The summed E-state index contributed by atoms with van der Waals surface area (Å²) in [5.41, 5.74) is 0. The summed E-state index contributed by atoms with van der Waals surface area (Å²) in [7, 11) is 0. The predicted molar refractivity (Wildman–Crippen MR) is 69.7 cm³/mol. The van der Waals surface area contributed by atoms with E-state index in [0.29, 0.717) is 25.2 Å². The zero-order valence-corrected chi connectivity index (χ0v) is 11.3. The van der Waals surface area contributed by atoms with E-state index in [4.69, 9.17) is 9.84 Å². The van der Waals surface area contributed by atoms with Crippen molar-refractivity contribution in [2.75, 3.05) is 6.61 Å². The number of aliphatic carboxylic acids is 1. The molecule has 0 spiro atoms. The van der Waals surface area contributed by atoms with Crippen LogP contribution in [0.2, 0.25) is 0 Å². The smallest absolute Gasteiger partial charge is 0.326 e. The number of carboxylic acid groups (broad SMARTS) is 1. The van der Waals surface area contributed by atoms with Gasteiger partial charge in [-0.25, -0.2) is 4.79 Å². The van der Waals surface area contributed by atoms with Crippen molar-refractivity contribution in [3.8, 4) is 0 Å². The molecular formula is C14H23NO4. The first kappa shape index (κ1) is 14.3. The van der Waals surface area contributed by atoms with Crippen LogP contribution in [0.25, 0.3) is 0 Å². The van der Waals surface area contributed by atoms with Gasteiger partial charge in [-0.05, 0) is 38.0 Å². The fourth-order valence-electron chi connectivity index (χ4n) is 2.50. The third-order valence-electron chi connectivity index (χ3n) is 3.87. The molecule has 19 heavy (non-hydrogen) atoms. The summed E-state index contributed by atoms with van der Waals surface area (Å²) in [4.78, 5) is 22.8. The lowest BCUT2D eigenvalue weighted by Crippen LogP contribution is -2.41. The van der Waals surface area contributed by atoms with Crippen molar-refractivity contribution >= 4 is 11.9 Å². The number of carbonyl (C=O) groups excluding carboxylic acids is 1. The Morgan fingerprint density at radius 3 is 2.63 bits per heavy atom. The number of nitrogens with one attached hydrogen (secondary N) is 1. The zero-order valence-electron chi connectivity index (χ0n) is 11.3. The maximum atomic E-state index is 11.8. The Labute approximate surface area is 113 Å². The molecule has 2 aliphatic rings. The van der Waals surface area contributed by atoms with Crippen LogP contribution in [0.15, 0.2) is 0 Å². The maximum Gasteiger partial charge on any atom is 0.326 e. The number of ether oxygens (including phenoxy) is 1. The zero-order chi connectivity index (χ0) is 13.7. The molecule has 1 aliphatic heterocycles. The fraction of sp³-hybridized carbons (Fsp3) is 0.857. The number of carboxylic acids is 1. The number of amides is 1. The van der Waals surface area contributed by atoms with Gasteiger partial charge >= 0.3 is 5.97 Å². The lowest BCUT2D eigenvalue weighted by molar-refractivity contribution is -0.142. The molecule has 0 aromatic heterocycles. The van der Waals surface area contributed by atoms with Gasteiger partial charge in [0.2, 0.25) is 5.91 Å². The van der Waals surface area contributed by atoms with E-state index in [9.17, 15) is 9.59 Å². The molecular weight excluding hydrogens is 246 g/mol.